The van der Waals surface area contributed by atoms with Gasteiger partial charge in [-0.15, -0.1) is 0 Å². The van der Waals surface area contributed by atoms with Crippen molar-refractivity contribution in [3.63, 3.8) is 0 Å². The van der Waals surface area contributed by atoms with Crippen LogP contribution in [0, 0.1) is 11.7 Å². The highest BCUT2D eigenvalue weighted by Crippen LogP contribution is 2.37. The van der Waals surface area contributed by atoms with Crippen LogP contribution in [0.3, 0.4) is 0 Å². The van der Waals surface area contributed by atoms with Gasteiger partial charge in [0.25, 0.3) is 5.91 Å². The fourth-order valence-electron chi connectivity index (χ4n) is 2.61. The quantitative estimate of drug-likeness (QED) is 0.806. The van der Waals surface area contributed by atoms with E-state index < -0.39 is 29.9 Å². The number of hydrogen-bond acceptors (Lipinski definition) is 1. The Labute approximate surface area is 124 Å². The van der Waals surface area contributed by atoms with Gasteiger partial charge >= 0.3 is 6.18 Å². The summed E-state index contributed by atoms with van der Waals surface area (Å²) in [5.41, 5.74) is -0.339. The second-order valence-electron chi connectivity index (χ2n) is 5.14. The van der Waals surface area contributed by atoms with E-state index >= 15 is 0 Å². The van der Waals surface area contributed by atoms with Crippen LogP contribution in [0.4, 0.5) is 17.6 Å². The third kappa shape index (κ3) is 3.87. The molecule has 2 atom stereocenters. The lowest BCUT2D eigenvalue weighted by molar-refractivity contribution is -0.187. The maximum atomic E-state index is 13.6. The Bertz CT molecular complexity index is 532. The Hall–Kier alpha value is -1.30. The van der Waals surface area contributed by atoms with Crippen LogP contribution in [0.1, 0.15) is 36.0 Å². The molecule has 2 nitrogen and oxygen atoms in total. The van der Waals surface area contributed by atoms with Crippen molar-refractivity contribution in [1.82, 2.24) is 5.32 Å². The van der Waals surface area contributed by atoms with E-state index in [0.717, 1.165) is 12.1 Å². The fourth-order valence-corrected chi connectivity index (χ4v) is 2.79. The molecule has 0 radical (unpaired) electrons. The highest BCUT2D eigenvalue weighted by molar-refractivity contribution is 6.31. The number of hydrogen-bond donors (Lipinski definition) is 1. The summed E-state index contributed by atoms with van der Waals surface area (Å²) in [4.78, 5) is 12.0. The first kappa shape index (κ1) is 16.1. The monoisotopic (exact) mass is 323 g/mol. The summed E-state index contributed by atoms with van der Waals surface area (Å²) in [5, 5.41) is 2.45. The Morgan fingerprint density at radius 3 is 2.57 bits per heavy atom. The second-order valence-corrected chi connectivity index (χ2v) is 5.57. The Morgan fingerprint density at radius 1 is 1.24 bits per heavy atom. The first-order chi connectivity index (χ1) is 9.79. The minimum absolute atomic E-state index is 0.0214. The smallest absolute Gasteiger partial charge is 0.349 e. The zero-order valence-electron chi connectivity index (χ0n) is 11.0. The van der Waals surface area contributed by atoms with Crippen molar-refractivity contribution < 1.29 is 22.4 Å². The lowest BCUT2D eigenvalue weighted by Gasteiger charge is -2.33. The van der Waals surface area contributed by atoms with Crippen molar-refractivity contribution in [3.8, 4) is 0 Å². The number of halogens is 5. The summed E-state index contributed by atoms with van der Waals surface area (Å²) in [6.07, 6.45) is -3.08. The highest BCUT2D eigenvalue weighted by atomic mass is 35.5. The average Bonchev–Trinajstić information content (AvgIpc) is 2.41. The van der Waals surface area contributed by atoms with Crippen LogP contribution in [0.5, 0.6) is 0 Å². The molecule has 0 spiro atoms. The van der Waals surface area contributed by atoms with Gasteiger partial charge in [0.15, 0.2) is 0 Å². The van der Waals surface area contributed by atoms with Crippen LogP contribution >= 0.6 is 11.6 Å². The van der Waals surface area contributed by atoms with E-state index in [1.165, 1.54) is 6.07 Å². The molecule has 0 heterocycles. The molecule has 116 valence electrons. The Morgan fingerprint density at radius 2 is 1.90 bits per heavy atom. The second kappa shape index (κ2) is 6.22. The zero-order chi connectivity index (χ0) is 15.6. The molecular formula is C14H14ClF4NO. The van der Waals surface area contributed by atoms with Gasteiger partial charge in [-0.25, -0.2) is 4.39 Å². The van der Waals surface area contributed by atoms with Gasteiger partial charge < -0.3 is 5.32 Å². The van der Waals surface area contributed by atoms with Crippen molar-refractivity contribution in [2.75, 3.05) is 0 Å². The van der Waals surface area contributed by atoms with E-state index in [1.807, 2.05) is 0 Å². The van der Waals surface area contributed by atoms with Gasteiger partial charge in [0.2, 0.25) is 0 Å². The minimum atomic E-state index is -4.37. The molecule has 1 aliphatic carbocycles. The Kier molecular flexibility index (Phi) is 4.76. The molecule has 0 unspecified atom stereocenters. The normalized spacial score (nSPS) is 22.9. The van der Waals surface area contributed by atoms with Crippen molar-refractivity contribution in [3.05, 3.63) is 34.6 Å². The topological polar surface area (TPSA) is 29.1 Å². The number of carbonyl (C=O) groups is 1. The molecule has 1 aliphatic rings. The van der Waals surface area contributed by atoms with Crippen LogP contribution < -0.4 is 5.32 Å². The maximum absolute atomic E-state index is 13.6. The number of amides is 1. The molecular weight excluding hydrogens is 310 g/mol. The SMILES string of the molecule is O=C(N[C@H]1CCCC[C@@H]1C(F)(F)F)c1cc(Cl)ccc1F. The lowest BCUT2D eigenvalue weighted by Crippen LogP contribution is -2.47. The van der Waals surface area contributed by atoms with Crippen LogP contribution in [0.15, 0.2) is 18.2 Å². The predicted molar refractivity (Wildman–Crippen MR) is 70.7 cm³/mol. The van der Waals surface area contributed by atoms with E-state index in [0.29, 0.717) is 12.8 Å². The molecule has 0 aliphatic heterocycles. The molecule has 1 amide bonds. The largest absolute Gasteiger partial charge is 0.393 e. The number of alkyl halides is 3. The highest BCUT2D eigenvalue weighted by Gasteiger charge is 2.46. The zero-order valence-corrected chi connectivity index (χ0v) is 11.8. The maximum Gasteiger partial charge on any atom is 0.393 e. The van der Waals surface area contributed by atoms with Gasteiger partial charge in [0.05, 0.1) is 11.5 Å². The molecule has 0 bridgehead atoms. The third-order valence-corrected chi connectivity index (χ3v) is 3.91. The van der Waals surface area contributed by atoms with Crippen LogP contribution in [0.2, 0.25) is 5.02 Å². The summed E-state index contributed by atoms with van der Waals surface area (Å²) in [6, 6.07) is 2.37. The van der Waals surface area contributed by atoms with Crippen molar-refractivity contribution in [2.24, 2.45) is 5.92 Å². The molecule has 21 heavy (non-hydrogen) atoms. The van der Waals surface area contributed by atoms with E-state index in [4.69, 9.17) is 11.6 Å². The molecule has 1 aromatic rings. The van der Waals surface area contributed by atoms with Gasteiger partial charge in [-0.3, -0.25) is 4.79 Å². The molecule has 0 aromatic heterocycles. The summed E-state index contributed by atoms with van der Waals surface area (Å²) in [6.45, 7) is 0. The number of carbonyl (C=O) groups excluding carboxylic acids is 1. The van der Waals surface area contributed by atoms with E-state index in [9.17, 15) is 22.4 Å². The van der Waals surface area contributed by atoms with E-state index in [1.54, 1.807) is 0 Å². The summed E-state index contributed by atoms with van der Waals surface area (Å²) < 4.78 is 52.4. The van der Waals surface area contributed by atoms with Crippen LogP contribution in [-0.2, 0) is 0 Å². The van der Waals surface area contributed by atoms with E-state index in [2.05, 4.69) is 5.32 Å². The molecule has 1 N–H and O–H groups in total. The summed E-state index contributed by atoms with van der Waals surface area (Å²) in [5.74, 6) is -3.26. The molecule has 1 saturated carbocycles. The first-order valence-electron chi connectivity index (χ1n) is 6.61. The standard InChI is InChI=1S/C14H14ClF4NO/c15-8-5-6-11(16)9(7-8)13(21)20-12-4-2-1-3-10(12)14(17,18)19/h5-7,10,12H,1-4H2,(H,20,21)/t10-,12-/m0/s1. The van der Waals surface area contributed by atoms with Crippen LogP contribution in [-0.4, -0.2) is 18.1 Å². The predicted octanol–water partition coefficient (Wildman–Crippen LogP) is 4.33. The van der Waals surface area contributed by atoms with Crippen molar-refractivity contribution in [2.45, 2.75) is 37.9 Å². The number of nitrogens with one attached hydrogen (secondary N) is 1. The number of benzene rings is 1. The molecule has 2 rings (SSSR count). The van der Waals surface area contributed by atoms with Crippen LogP contribution in [0.25, 0.3) is 0 Å². The molecule has 1 fully saturated rings. The molecule has 1 aromatic carbocycles. The van der Waals surface area contributed by atoms with Gasteiger partial charge in [-0.1, -0.05) is 24.4 Å². The summed E-state index contributed by atoms with van der Waals surface area (Å²) in [7, 11) is 0. The lowest BCUT2D eigenvalue weighted by atomic mass is 9.84. The minimum Gasteiger partial charge on any atom is -0.349 e. The average molecular weight is 324 g/mol. The Balaban J connectivity index is 2.15. The van der Waals surface area contributed by atoms with Gasteiger partial charge in [-0.2, -0.15) is 13.2 Å². The molecule has 7 heteroatoms. The van der Waals surface area contributed by atoms with Crippen molar-refractivity contribution >= 4 is 17.5 Å². The number of rotatable bonds is 2. The first-order valence-corrected chi connectivity index (χ1v) is 6.99. The van der Waals surface area contributed by atoms with Gasteiger partial charge in [0.1, 0.15) is 5.82 Å². The van der Waals surface area contributed by atoms with Crippen molar-refractivity contribution in [1.29, 1.82) is 0 Å². The summed E-state index contributed by atoms with van der Waals surface area (Å²) >= 11 is 5.68. The van der Waals surface area contributed by atoms with Gasteiger partial charge in [-0.05, 0) is 31.0 Å². The third-order valence-electron chi connectivity index (χ3n) is 3.68. The molecule has 0 saturated heterocycles. The fraction of sp³-hybridized carbons (Fsp3) is 0.500. The van der Waals surface area contributed by atoms with Gasteiger partial charge in [0, 0.05) is 11.1 Å². The van der Waals surface area contributed by atoms with E-state index in [-0.39, 0.29) is 23.4 Å².